The molecule has 0 aromatic rings. The lowest BCUT2D eigenvalue weighted by molar-refractivity contribution is -0.240. The number of aliphatic hydroxyl groups excluding tert-OH is 1. The van der Waals surface area contributed by atoms with Crippen molar-refractivity contribution in [3.63, 3.8) is 0 Å². The number of hydrogen-bond donors (Lipinski definition) is 1. The second-order valence-corrected chi connectivity index (χ2v) is 9.01. The van der Waals surface area contributed by atoms with Gasteiger partial charge in [-0.2, -0.15) is 0 Å². The molecule has 0 aliphatic heterocycles. The van der Waals surface area contributed by atoms with E-state index in [0.717, 1.165) is 19.3 Å². The first-order chi connectivity index (χ1) is 12.8. The van der Waals surface area contributed by atoms with Crippen LogP contribution in [0, 0.1) is 0 Å². The summed E-state index contributed by atoms with van der Waals surface area (Å²) in [7, 11) is 0. The first kappa shape index (κ1) is 26.4. The molecule has 0 fully saturated rings. The Bertz CT molecular complexity index is 341. The average Bonchev–Trinajstić information content (AvgIpc) is 2.62. The van der Waals surface area contributed by atoms with Crippen molar-refractivity contribution in [2.75, 3.05) is 0 Å². The number of hydroxylamine groups is 2. The maximum atomic E-state index is 11.2. The van der Waals surface area contributed by atoms with Crippen molar-refractivity contribution in [3.8, 4) is 0 Å². The van der Waals surface area contributed by atoms with E-state index in [0.29, 0.717) is 6.41 Å². The van der Waals surface area contributed by atoms with Gasteiger partial charge < -0.3 is 5.11 Å². The molecule has 0 rings (SSSR count). The van der Waals surface area contributed by atoms with E-state index >= 15 is 0 Å². The number of aliphatic hydroxyl groups is 1. The molecule has 0 bridgehead atoms. The summed E-state index contributed by atoms with van der Waals surface area (Å²) in [5.41, 5.74) is -0.440. The van der Waals surface area contributed by atoms with Crippen LogP contribution in [-0.2, 0) is 9.63 Å². The van der Waals surface area contributed by atoms with Crippen LogP contribution in [0.2, 0.25) is 0 Å². The molecule has 0 saturated carbocycles. The number of unbranched alkanes of at least 4 members (excludes halogenated alkanes) is 12. The summed E-state index contributed by atoms with van der Waals surface area (Å²) in [5.74, 6) is 0. The molecule has 162 valence electrons. The molecular weight excluding hydrogens is 338 g/mol. The highest BCUT2D eigenvalue weighted by Gasteiger charge is 2.25. The van der Waals surface area contributed by atoms with Crippen LogP contribution in [0.5, 0.6) is 0 Å². The van der Waals surface area contributed by atoms with E-state index in [2.05, 4.69) is 6.92 Å². The van der Waals surface area contributed by atoms with Crippen LogP contribution >= 0.6 is 0 Å². The van der Waals surface area contributed by atoms with Crippen LogP contribution < -0.4 is 0 Å². The van der Waals surface area contributed by atoms with Gasteiger partial charge in [-0.15, -0.1) is 0 Å². The van der Waals surface area contributed by atoms with Crippen molar-refractivity contribution in [2.45, 2.75) is 142 Å². The van der Waals surface area contributed by atoms with Gasteiger partial charge in [0.1, 0.15) is 0 Å². The Morgan fingerprint density at radius 2 is 1.26 bits per heavy atom. The molecule has 0 unspecified atom stereocenters. The number of amides is 1. The molecule has 0 heterocycles. The highest BCUT2D eigenvalue weighted by Crippen LogP contribution is 2.17. The highest BCUT2D eigenvalue weighted by atomic mass is 16.7. The Hall–Kier alpha value is -0.610. The fourth-order valence-electron chi connectivity index (χ4n) is 3.30. The van der Waals surface area contributed by atoms with Gasteiger partial charge in [-0.05, 0) is 34.1 Å². The van der Waals surface area contributed by atoms with E-state index in [1.165, 1.54) is 75.7 Å². The summed E-state index contributed by atoms with van der Waals surface area (Å²) in [6.07, 6.45) is 18.0. The van der Waals surface area contributed by atoms with E-state index in [1.54, 1.807) is 0 Å². The van der Waals surface area contributed by atoms with Gasteiger partial charge >= 0.3 is 0 Å². The van der Waals surface area contributed by atoms with Gasteiger partial charge in [-0.3, -0.25) is 9.63 Å². The highest BCUT2D eigenvalue weighted by molar-refractivity contribution is 5.45. The van der Waals surface area contributed by atoms with E-state index in [9.17, 15) is 9.90 Å². The van der Waals surface area contributed by atoms with Crippen LogP contribution in [0.4, 0.5) is 0 Å². The van der Waals surface area contributed by atoms with E-state index in [4.69, 9.17) is 4.84 Å². The molecule has 2 atom stereocenters. The summed E-state index contributed by atoms with van der Waals surface area (Å²) in [4.78, 5) is 16.8. The Morgan fingerprint density at radius 3 is 1.63 bits per heavy atom. The molecule has 0 radical (unpaired) electrons. The Labute approximate surface area is 169 Å². The molecule has 0 aliphatic carbocycles. The smallest absolute Gasteiger partial charge is 0.233 e. The Balaban J connectivity index is 3.59. The lowest BCUT2D eigenvalue weighted by Gasteiger charge is -2.33. The molecule has 4 nitrogen and oxygen atoms in total. The van der Waals surface area contributed by atoms with Crippen LogP contribution in [0.3, 0.4) is 0 Å². The normalized spacial score (nSPS) is 14.1. The third kappa shape index (κ3) is 16.1. The van der Waals surface area contributed by atoms with Crippen LogP contribution in [0.1, 0.15) is 125 Å². The van der Waals surface area contributed by atoms with Crippen molar-refractivity contribution >= 4 is 6.41 Å². The topological polar surface area (TPSA) is 49.8 Å². The second-order valence-electron chi connectivity index (χ2n) is 9.01. The summed E-state index contributed by atoms with van der Waals surface area (Å²) in [6, 6.07) is -0.320. The molecule has 0 aromatic heterocycles. The SMILES string of the molecule is CCCCCCCCCCCCCCC[C@H](O)[C@H](C)N(C=O)OC(C)(C)C. The van der Waals surface area contributed by atoms with Gasteiger partial charge in [0.05, 0.1) is 17.7 Å². The zero-order valence-electron chi connectivity index (χ0n) is 18.8. The summed E-state index contributed by atoms with van der Waals surface area (Å²) in [6.45, 7) is 9.80. The number of carbonyl (C=O) groups excluding carboxylic acids is 1. The molecule has 0 aromatic carbocycles. The van der Waals surface area contributed by atoms with Gasteiger partial charge in [0, 0.05) is 0 Å². The fraction of sp³-hybridized carbons (Fsp3) is 0.957. The Morgan fingerprint density at radius 1 is 0.852 bits per heavy atom. The zero-order valence-corrected chi connectivity index (χ0v) is 18.8. The minimum atomic E-state index is -0.537. The third-order valence-electron chi connectivity index (χ3n) is 5.04. The van der Waals surface area contributed by atoms with Crippen LogP contribution in [0.15, 0.2) is 0 Å². The largest absolute Gasteiger partial charge is 0.391 e. The van der Waals surface area contributed by atoms with Crippen molar-refractivity contribution < 1.29 is 14.7 Å². The fourth-order valence-corrected chi connectivity index (χ4v) is 3.30. The Kier molecular flexibility index (Phi) is 16.0. The van der Waals surface area contributed by atoms with Crippen LogP contribution in [0.25, 0.3) is 0 Å². The standard InChI is InChI=1S/C23H47NO3/c1-6-7-8-9-10-11-12-13-14-15-16-17-18-19-22(26)21(2)24(20-25)27-23(3,4)5/h20-22,26H,6-19H2,1-5H3/t21-,22-/m0/s1. The maximum absolute atomic E-state index is 11.2. The molecular formula is C23H47NO3. The predicted molar refractivity (Wildman–Crippen MR) is 115 cm³/mol. The number of nitrogens with zero attached hydrogens (tertiary/aromatic N) is 1. The predicted octanol–water partition coefficient (Wildman–Crippen LogP) is 6.41. The lowest BCUT2D eigenvalue weighted by Crippen LogP contribution is -2.44. The molecule has 0 saturated heterocycles. The minimum Gasteiger partial charge on any atom is -0.391 e. The first-order valence-electron chi connectivity index (χ1n) is 11.4. The maximum Gasteiger partial charge on any atom is 0.233 e. The average molecular weight is 386 g/mol. The first-order valence-corrected chi connectivity index (χ1v) is 11.4. The monoisotopic (exact) mass is 385 g/mol. The minimum absolute atomic E-state index is 0.320. The molecule has 4 heteroatoms. The van der Waals surface area contributed by atoms with Crippen molar-refractivity contribution in [2.24, 2.45) is 0 Å². The van der Waals surface area contributed by atoms with Gasteiger partial charge in [-0.1, -0.05) is 90.4 Å². The summed E-state index contributed by atoms with van der Waals surface area (Å²) < 4.78 is 0. The van der Waals surface area contributed by atoms with Gasteiger partial charge in [0.15, 0.2) is 0 Å². The molecule has 0 spiro atoms. The van der Waals surface area contributed by atoms with E-state index in [1.807, 2.05) is 27.7 Å². The van der Waals surface area contributed by atoms with Gasteiger partial charge in [0.2, 0.25) is 6.41 Å². The molecule has 1 N–H and O–H groups in total. The molecule has 0 aliphatic rings. The lowest BCUT2D eigenvalue weighted by atomic mass is 10.0. The quantitative estimate of drug-likeness (QED) is 0.169. The van der Waals surface area contributed by atoms with Gasteiger partial charge in [0.25, 0.3) is 0 Å². The summed E-state index contributed by atoms with van der Waals surface area (Å²) >= 11 is 0. The molecule has 27 heavy (non-hydrogen) atoms. The van der Waals surface area contributed by atoms with Crippen molar-refractivity contribution in [3.05, 3.63) is 0 Å². The zero-order chi connectivity index (χ0) is 20.5. The number of hydrogen-bond acceptors (Lipinski definition) is 3. The third-order valence-corrected chi connectivity index (χ3v) is 5.04. The van der Waals surface area contributed by atoms with Gasteiger partial charge in [-0.25, -0.2) is 5.06 Å². The molecule has 1 amide bonds. The number of rotatable bonds is 18. The summed E-state index contributed by atoms with van der Waals surface area (Å²) in [5, 5.41) is 11.6. The van der Waals surface area contributed by atoms with Crippen LogP contribution in [-0.4, -0.2) is 34.3 Å². The van der Waals surface area contributed by atoms with E-state index < -0.39 is 11.7 Å². The second kappa shape index (κ2) is 16.4. The van der Waals surface area contributed by atoms with Crippen molar-refractivity contribution in [1.82, 2.24) is 5.06 Å². The number of carbonyl (C=O) groups is 1. The van der Waals surface area contributed by atoms with E-state index in [-0.39, 0.29) is 6.04 Å². The van der Waals surface area contributed by atoms with Crippen molar-refractivity contribution in [1.29, 1.82) is 0 Å².